The average molecular weight is 502 g/mol. The van der Waals surface area contributed by atoms with Crippen LogP contribution in [0.15, 0.2) is 35.8 Å². The van der Waals surface area contributed by atoms with Crippen molar-refractivity contribution in [1.29, 1.82) is 0 Å². The van der Waals surface area contributed by atoms with E-state index in [0.29, 0.717) is 22.9 Å². The van der Waals surface area contributed by atoms with Gasteiger partial charge in [-0.15, -0.1) is 11.3 Å². The summed E-state index contributed by atoms with van der Waals surface area (Å²) in [5.41, 5.74) is 1.20. The number of amides is 1. The smallest absolute Gasteiger partial charge is 0.408 e. The highest BCUT2D eigenvalue weighted by molar-refractivity contribution is 7.12. The highest BCUT2D eigenvalue weighted by Crippen LogP contribution is 2.25. The Labute approximate surface area is 208 Å². The summed E-state index contributed by atoms with van der Waals surface area (Å²) in [5.74, 6) is -1.04. The van der Waals surface area contributed by atoms with Crippen LogP contribution in [0.2, 0.25) is 0 Å². The van der Waals surface area contributed by atoms with Crippen LogP contribution in [0.25, 0.3) is 10.9 Å². The molecular formula is C25H31N3O6S. The molecule has 188 valence electrons. The van der Waals surface area contributed by atoms with Crippen LogP contribution in [0.5, 0.6) is 0 Å². The van der Waals surface area contributed by atoms with Crippen molar-refractivity contribution in [2.45, 2.75) is 59.6 Å². The van der Waals surface area contributed by atoms with E-state index in [0.717, 1.165) is 10.9 Å². The van der Waals surface area contributed by atoms with Gasteiger partial charge < -0.3 is 24.1 Å². The minimum atomic E-state index is -0.887. The fourth-order valence-corrected chi connectivity index (χ4v) is 4.19. The van der Waals surface area contributed by atoms with Crippen LogP contribution < -0.4 is 5.32 Å². The Morgan fingerprint density at radius 2 is 1.89 bits per heavy atom. The molecule has 0 fully saturated rings. The van der Waals surface area contributed by atoms with Gasteiger partial charge in [0.2, 0.25) is 5.78 Å². The van der Waals surface area contributed by atoms with E-state index in [-0.39, 0.29) is 18.4 Å². The number of nitrogens with one attached hydrogen (secondary N) is 1. The number of nitrogens with zero attached hydrogens (tertiary/aromatic N) is 2. The minimum absolute atomic E-state index is 0.126. The molecule has 2 heterocycles. The molecule has 0 aliphatic carbocycles. The molecule has 35 heavy (non-hydrogen) atoms. The topological polar surface area (TPSA) is 109 Å². The third-order valence-electron chi connectivity index (χ3n) is 5.01. The fourth-order valence-electron chi connectivity index (χ4n) is 3.43. The second kappa shape index (κ2) is 11.0. The fraction of sp³-hybridized carbons (Fsp3) is 0.440. The Bertz CT molecular complexity index is 1210. The van der Waals surface area contributed by atoms with Crippen LogP contribution in [-0.2, 0) is 32.3 Å². The van der Waals surface area contributed by atoms with Crippen molar-refractivity contribution in [1.82, 2.24) is 14.9 Å². The predicted molar refractivity (Wildman–Crippen MR) is 132 cm³/mol. The summed E-state index contributed by atoms with van der Waals surface area (Å²) < 4.78 is 17.6. The van der Waals surface area contributed by atoms with Gasteiger partial charge >= 0.3 is 12.1 Å². The standard InChI is InChI=1S/C25H31N3O6S/c1-15(2)20(27-24(31)34-25(3,4)5)23(30)33-14-28-11-18(17-9-7-8-10-19(17)28)21(29)22-26-16(12-32-6)13-35-22/h7-11,13,15,20H,12,14H2,1-6H3,(H,27,31). The normalized spacial score (nSPS) is 12.5. The molecule has 1 amide bonds. The van der Waals surface area contributed by atoms with Crippen LogP contribution in [0.1, 0.15) is 55.7 Å². The molecule has 1 aromatic carbocycles. The maximum Gasteiger partial charge on any atom is 0.408 e. The first-order valence-corrected chi connectivity index (χ1v) is 12.1. The zero-order valence-corrected chi connectivity index (χ0v) is 21.6. The van der Waals surface area contributed by atoms with Gasteiger partial charge in [0.15, 0.2) is 11.7 Å². The molecule has 0 bridgehead atoms. The number of ketones is 1. The van der Waals surface area contributed by atoms with Gasteiger partial charge in [-0.25, -0.2) is 14.6 Å². The molecule has 1 N–H and O–H groups in total. The van der Waals surface area contributed by atoms with Crippen LogP contribution in [0.4, 0.5) is 4.79 Å². The summed E-state index contributed by atoms with van der Waals surface area (Å²) in [7, 11) is 1.57. The molecule has 0 saturated carbocycles. The van der Waals surface area contributed by atoms with Gasteiger partial charge in [-0.1, -0.05) is 32.0 Å². The number of rotatable bonds is 9. The minimum Gasteiger partial charge on any atom is -0.444 e. The molecule has 3 rings (SSSR count). The van der Waals surface area contributed by atoms with Gasteiger partial charge in [-0.2, -0.15) is 0 Å². The monoisotopic (exact) mass is 501 g/mol. The largest absolute Gasteiger partial charge is 0.444 e. The number of aromatic nitrogens is 2. The number of alkyl carbamates (subject to hydrolysis) is 1. The van der Waals surface area contributed by atoms with E-state index in [1.807, 2.05) is 24.3 Å². The van der Waals surface area contributed by atoms with Gasteiger partial charge in [0.1, 0.15) is 11.6 Å². The number of esters is 1. The van der Waals surface area contributed by atoms with Crippen molar-refractivity contribution in [3.8, 4) is 0 Å². The zero-order valence-electron chi connectivity index (χ0n) is 20.8. The van der Waals surface area contributed by atoms with Gasteiger partial charge in [-0.05, 0) is 32.8 Å². The molecule has 2 aromatic heterocycles. The number of para-hydroxylation sites is 1. The number of methoxy groups -OCH3 is 1. The molecule has 3 aromatic rings. The Balaban J connectivity index is 1.78. The first-order valence-electron chi connectivity index (χ1n) is 11.2. The first-order chi connectivity index (χ1) is 16.5. The molecule has 1 atom stereocenters. The summed E-state index contributed by atoms with van der Waals surface area (Å²) in [4.78, 5) is 42.6. The third kappa shape index (κ3) is 6.67. The number of carbonyl (C=O) groups is 3. The number of benzene rings is 1. The second-order valence-electron chi connectivity index (χ2n) is 9.40. The van der Waals surface area contributed by atoms with E-state index in [2.05, 4.69) is 10.3 Å². The molecule has 0 saturated heterocycles. The van der Waals surface area contributed by atoms with E-state index in [4.69, 9.17) is 14.2 Å². The molecule has 10 heteroatoms. The Hall–Kier alpha value is -3.24. The molecule has 0 spiro atoms. The summed E-state index contributed by atoms with van der Waals surface area (Å²) in [6.07, 6.45) is 0.965. The number of hydrogen-bond donors (Lipinski definition) is 1. The average Bonchev–Trinajstić information content (AvgIpc) is 3.39. The number of thiazole rings is 1. The lowest BCUT2D eigenvalue weighted by Crippen LogP contribution is -2.47. The van der Waals surface area contributed by atoms with Gasteiger partial charge in [0, 0.05) is 24.1 Å². The van der Waals surface area contributed by atoms with Crippen molar-refractivity contribution in [2.24, 2.45) is 5.92 Å². The Morgan fingerprint density at radius 3 is 2.54 bits per heavy atom. The van der Waals surface area contributed by atoms with E-state index in [1.54, 1.807) is 57.9 Å². The van der Waals surface area contributed by atoms with Crippen LogP contribution in [0.3, 0.4) is 0 Å². The molecular weight excluding hydrogens is 470 g/mol. The van der Waals surface area contributed by atoms with E-state index in [9.17, 15) is 14.4 Å². The van der Waals surface area contributed by atoms with Crippen molar-refractivity contribution in [2.75, 3.05) is 7.11 Å². The lowest BCUT2D eigenvalue weighted by Gasteiger charge is -2.24. The predicted octanol–water partition coefficient (Wildman–Crippen LogP) is 4.53. The van der Waals surface area contributed by atoms with E-state index < -0.39 is 23.7 Å². The van der Waals surface area contributed by atoms with Crippen molar-refractivity contribution in [3.63, 3.8) is 0 Å². The quantitative estimate of drug-likeness (QED) is 0.339. The molecule has 9 nitrogen and oxygen atoms in total. The molecule has 1 unspecified atom stereocenters. The number of fused-ring (bicyclic) bond motifs is 1. The first kappa shape index (κ1) is 26.4. The lowest BCUT2D eigenvalue weighted by atomic mass is 10.1. The maximum absolute atomic E-state index is 13.2. The van der Waals surface area contributed by atoms with E-state index >= 15 is 0 Å². The SMILES string of the molecule is COCc1csc(C(=O)c2cn(COC(=O)C(NC(=O)OC(C)(C)C)C(C)C)c3ccccc23)n1. The van der Waals surface area contributed by atoms with Crippen molar-refractivity contribution in [3.05, 3.63) is 52.1 Å². The molecule has 0 aliphatic rings. The summed E-state index contributed by atoms with van der Waals surface area (Å²) in [6, 6.07) is 6.48. The highest BCUT2D eigenvalue weighted by atomic mass is 32.1. The number of ether oxygens (including phenoxy) is 3. The third-order valence-corrected chi connectivity index (χ3v) is 5.90. The summed E-state index contributed by atoms with van der Waals surface area (Å²) in [6.45, 7) is 9.04. The Kier molecular flexibility index (Phi) is 8.29. The van der Waals surface area contributed by atoms with E-state index in [1.165, 1.54) is 11.3 Å². The van der Waals surface area contributed by atoms with Crippen molar-refractivity contribution >= 4 is 40.1 Å². The van der Waals surface area contributed by atoms with Crippen LogP contribution >= 0.6 is 11.3 Å². The Morgan fingerprint density at radius 1 is 1.17 bits per heavy atom. The van der Waals surface area contributed by atoms with Gasteiger partial charge in [-0.3, -0.25) is 4.79 Å². The lowest BCUT2D eigenvalue weighted by molar-refractivity contribution is -0.151. The second-order valence-corrected chi connectivity index (χ2v) is 10.3. The molecule has 0 radical (unpaired) electrons. The van der Waals surface area contributed by atoms with Gasteiger partial charge in [0.25, 0.3) is 0 Å². The summed E-state index contributed by atoms with van der Waals surface area (Å²) in [5, 5.41) is 5.47. The molecule has 0 aliphatic heterocycles. The number of carbonyl (C=O) groups excluding carboxylic acids is 3. The van der Waals surface area contributed by atoms with Gasteiger partial charge in [0.05, 0.1) is 23.4 Å². The number of hydrogen-bond acceptors (Lipinski definition) is 8. The highest BCUT2D eigenvalue weighted by Gasteiger charge is 2.28. The van der Waals surface area contributed by atoms with Crippen LogP contribution in [0, 0.1) is 5.92 Å². The van der Waals surface area contributed by atoms with Crippen LogP contribution in [-0.4, -0.2) is 46.1 Å². The maximum atomic E-state index is 13.2. The zero-order chi connectivity index (χ0) is 25.8. The van der Waals surface area contributed by atoms with Crippen molar-refractivity contribution < 1.29 is 28.6 Å². The summed E-state index contributed by atoms with van der Waals surface area (Å²) >= 11 is 1.26.